The van der Waals surface area contributed by atoms with Gasteiger partial charge in [0.2, 0.25) is 23.6 Å². The van der Waals surface area contributed by atoms with Crippen molar-refractivity contribution in [3.63, 3.8) is 0 Å². The lowest BCUT2D eigenvalue weighted by Gasteiger charge is -2.24. The first-order valence-electron chi connectivity index (χ1n) is 11.9. The summed E-state index contributed by atoms with van der Waals surface area (Å²) in [5.41, 5.74) is 12.9. The Morgan fingerprint density at radius 3 is 2.10 bits per heavy atom. The van der Waals surface area contributed by atoms with Gasteiger partial charge in [-0.25, -0.2) is 4.79 Å². The van der Waals surface area contributed by atoms with E-state index in [0.29, 0.717) is 5.75 Å². The largest absolute Gasteiger partial charge is 0.481 e. The van der Waals surface area contributed by atoms with Gasteiger partial charge in [0.1, 0.15) is 18.1 Å². The summed E-state index contributed by atoms with van der Waals surface area (Å²) in [5, 5.41) is 26.1. The maximum absolute atomic E-state index is 12.9. The maximum Gasteiger partial charge on any atom is 0.326 e. The zero-order valence-corrected chi connectivity index (χ0v) is 22.0. The van der Waals surface area contributed by atoms with E-state index in [0.717, 1.165) is 16.5 Å². The van der Waals surface area contributed by atoms with E-state index in [4.69, 9.17) is 11.5 Å². The Bertz CT molecular complexity index is 1220. The summed E-state index contributed by atoms with van der Waals surface area (Å²) >= 11 is 1.35. The third-order valence-corrected chi connectivity index (χ3v) is 6.37. The first-order chi connectivity index (χ1) is 18.4. The van der Waals surface area contributed by atoms with E-state index >= 15 is 0 Å². The van der Waals surface area contributed by atoms with Crippen LogP contribution in [0.3, 0.4) is 0 Å². The average molecular weight is 565 g/mol. The molecule has 0 aliphatic heterocycles. The molecule has 0 aliphatic carbocycles. The molecule has 10 N–H and O–H groups in total. The molecule has 15 heteroatoms. The number of nitrogens with two attached hydrogens (primary N) is 2. The number of carbonyl (C=O) groups is 6. The predicted molar refractivity (Wildman–Crippen MR) is 142 cm³/mol. The molecular weight excluding hydrogens is 532 g/mol. The van der Waals surface area contributed by atoms with Gasteiger partial charge in [0.15, 0.2) is 0 Å². The third-order valence-electron chi connectivity index (χ3n) is 5.73. The van der Waals surface area contributed by atoms with Gasteiger partial charge in [-0.15, -0.1) is 0 Å². The number of fused-ring (bicyclic) bond motifs is 1. The monoisotopic (exact) mass is 564 g/mol. The Morgan fingerprint density at radius 2 is 1.51 bits per heavy atom. The molecular formula is C24H32N6O8S. The van der Waals surface area contributed by atoms with Gasteiger partial charge in [-0.1, -0.05) is 18.2 Å². The van der Waals surface area contributed by atoms with E-state index in [2.05, 4.69) is 20.9 Å². The molecule has 4 amide bonds. The number of rotatable bonds is 16. The van der Waals surface area contributed by atoms with Gasteiger partial charge in [0, 0.05) is 17.1 Å². The van der Waals surface area contributed by atoms with Gasteiger partial charge < -0.3 is 42.6 Å². The number of benzene rings is 1. The molecule has 1 heterocycles. The van der Waals surface area contributed by atoms with E-state index in [1.54, 1.807) is 12.5 Å². The number of H-pyrrole nitrogens is 1. The minimum Gasteiger partial charge on any atom is -0.481 e. The maximum atomic E-state index is 12.9. The number of hydrogen-bond donors (Lipinski definition) is 8. The van der Waals surface area contributed by atoms with Crippen LogP contribution in [0.25, 0.3) is 10.9 Å². The molecule has 0 spiro atoms. The lowest BCUT2D eigenvalue weighted by Crippen LogP contribution is -2.58. The number of carboxylic acid groups (broad SMARTS) is 2. The van der Waals surface area contributed by atoms with Gasteiger partial charge in [0.05, 0.1) is 18.9 Å². The number of para-hydroxylation sites is 1. The van der Waals surface area contributed by atoms with Crippen LogP contribution >= 0.6 is 11.8 Å². The molecule has 4 atom stereocenters. The molecule has 0 radical (unpaired) electrons. The number of carbonyl (C=O) groups excluding carboxylic acids is 4. The Balaban J connectivity index is 2.13. The molecule has 1 aromatic carbocycles. The van der Waals surface area contributed by atoms with Crippen LogP contribution in [-0.2, 0) is 35.2 Å². The number of aromatic nitrogens is 1. The van der Waals surface area contributed by atoms with Crippen LogP contribution in [-0.4, -0.2) is 86.9 Å². The van der Waals surface area contributed by atoms with Crippen molar-refractivity contribution in [2.24, 2.45) is 11.5 Å². The van der Waals surface area contributed by atoms with Crippen LogP contribution in [0.1, 0.15) is 24.8 Å². The summed E-state index contributed by atoms with van der Waals surface area (Å²) in [7, 11) is 0. The number of nitrogens with one attached hydrogen (secondary N) is 4. The van der Waals surface area contributed by atoms with Crippen LogP contribution in [0.15, 0.2) is 30.5 Å². The van der Waals surface area contributed by atoms with Gasteiger partial charge in [-0.3, -0.25) is 24.0 Å². The molecule has 14 nitrogen and oxygen atoms in total. The highest BCUT2D eigenvalue weighted by molar-refractivity contribution is 7.98. The minimum absolute atomic E-state index is 0.0602. The molecule has 1 aromatic heterocycles. The topological polar surface area (TPSA) is 247 Å². The smallest absolute Gasteiger partial charge is 0.326 e. The number of carboxylic acids is 2. The van der Waals surface area contributed by atoms with Crippen LogP contribution < -0.4 is 27.4 Å². The number of aliphatic carboxylic acids is 2. The SMILES string of the molecule is CSCCC(NC(=O)C(CC(=O)O)NC(=O)C(CC(N)=O)NC(=O)C(N)Cc1c[nH]c2ccccc12)C(=O)O. The van der Waals surface area contributed by atoms with Crippen molar-refractivity contribution in [3.05, 3.63) is 36.0 Å². The Morgan fingerprint density at radius 1 is 0.923 bits per heavy atom. The molecule has 2 rings (SSSR count). The second kappa shape index (κ2) is 14.7. The molecule has 0 bridgehead atoms. The van der Waals surface area contributed by atoms with Gasteiger partial charge >= 0.3 is 11.9 Å². The van der Waals surface area contributed by atoms with Crippen molar-refractivity contribution in [1.29, 1.82) is 0 Å². The number of amides is 4. The second-order valence-electron chi connectivity index (χ2n) is 8.74. The Labute approximate surface area is 227 Å². The van der Waals surface area contributed by atoms with E-state index in [-0.39, 0.29) is 12.8 Å². The fraction of sp³-hybridized carbons (Fsp3) is 0.417. The van der Waals surface area contributed by atoms with Crippen LogP contribution in [0.4, 0.5) is 0 Å². The molecule has 2 aromatic rings. The van der Waals surface area contributed by atoms with Crippen molar-refractivity contribution >= 4 is 58.2 Å². The van der Waals surface area contributed by atoms with E-state index in [1.165, 1.54) is 11.8 Å². The fourth-order valence-electron chi connectivity index (χ4n) is 3.74. The van der Waals surface area contributed by atoms with Crippen molar-refractivity contribution in [2.45, 2.75) is 49.9 Å². The number of aromatic amines is 1. The van der Waals surface area contributed by atoms with E-state index in [9.17, 15) is 39.0 Å². The second-order valence-corrected chi connectivity index (χ2v) is 9.73. The zero-order chi connectivity index (χ0) is 29.1. The standard InChI is InChI=1S/C24H32N6O8S/c1-39-7-6-16(24(37)38)28-23(36)18(10-20(32)33)30-22(35)17(9-19(26)31)29-21(34)14(25)8-12-11-27-15-5-3-2-4-13(12)15/h2-5,11,14,16-18,27H,6-10,25H2,1H3,(H2,26,31)(H,28,36)(H,29,34)(H,30,35)(H,32,33)(H,37,38). The minimum atomic E-state index is -1.70. The summed E-state index contributed by atoms with van der Waals surface area (Å²) in [6.45, 7) is 0. The van der Waals surface area contributed by atoms with Gasteiger partial charge in [-0.2, -0.15) is 11.8 Å². The molecule has 0 fully saturated rings. The van der Waals surface area contributed by atoms with Crippen molar-refractivity contribution in [1.82, 2.24) is 20.9 Å². The highest BCUT2D eigenvalue weighted by atomic mass is 32.2. The summed E-state index contributed by atoms with van der Waals surface area (Å²) in [4.78, 5) is 75.9. The average Bonchev–Trinajstić information content (AvgIpc) is 3.27. The highest BCUT2D eigenvalue weighted by Crippen LogP contribution is 2.18. The molecule has 0 saturated carbocycles. The van der Waals surface area contributed by atoms with Crippen LogP contribution in [0.5, 0.6) is 0 Å². The number of thioether (sulfide) groups is 1. The summed E-state index contributed by atoms with van der Waals surface area (Å²) in [6, 6.07) is 1.65. The summed E-state index contributed by atoms with van der Waals surface area (Å²) in [6.07, 6.45) is 2.05. The molecule has 0 saturated heterocycles. The third kappa shape index (κ3) is 9.61. The van der Waals surface area contributed by atoms with Crippen molar-refractivity contribution in [2.75, 3.05) is 12.0 Å². The van der Waals surface area contributed by atoms with E-state index in [1.807, 2.05) is 24.3 Å². The summed E-state index contributed by atoms with van der Waals surface area (Å²) < 4.78 is 0. The van der Waals surface area contributed by atoms with Gasteiger partial charge in [0.25, 0.3) is 0 Å². The number of primary amides is 1. The Hall–Kier alpha value is -4.11. The quantitative estimate of drug-likeness (QED) is 0.119. The van der Waals surface area contributed by atoms with Crippen molar-refractivity contribution < 1.29 is 39.0 Å². The molecule has 4 unspecified atom stereocenters. The molecule has 212 valence electrons. The fourth-order valence-corrected chi connectivity index (χ4v) is 4.21. The predicted octanol–water partition coefficient (Wildman–Crippen LogP) is -1.32. The molecule has 39 heavy (non-hydrogen) atoms. The first-order valence-corrected chi connectivity index (χ1v) is 13.3. The van der Waals surface area contributed by atoms with Crippen LogP contribution in [0, 0.1) is 0 Å². The Kier molecular flexibility index (Phi) is 11.7. The van der Waals surface area contributed by atoms with E-state index < -0.39 is 72.6 Å². The highest BCUT2D eigenvalue weighted by Gasteiger charge is 2.32. The normalized spacial score (nSPS) is 14.0. The zero-order valence-electron chi connectivity index (χ0n) is 21.1. The molecule has 0 aliphatic rings. The summed E-state index contributed by atoms with van der Waals surface area (Å²) in [5.74, 6) is -6.26. The first kappa shape index (κ1) is 31.1. The lowest BCUT2D eigenvalue weighted by molar-refractivity contribution is -0.144. The van der Waals surface area contributed by atoms with Gasteiger partial charge in [-0.05, 0) is 36.5 Å². The lowest BCUT2D eigenvalue weighted by atomic mass is 10.0. The van der Waals surface area contributed by atoms with Crippen LogP contribution in [0.2, 0.25) is 0 Å². The number of hydrogen-bond acceptors (Lipinski definition) is 8. The van der Waals surface area contributed by atoms with Crippen molar-refractivity contribution in [3.8, 4) is 0 Å².